The maximum absolute atomic E-state index is 12.0. The van der Waals surface area contributed by atoms with Gasteiger partial charge in [0, 0.05) is 17.0 Å². The molecule has 0 amide bonds. The van der Waals surface area contributed by atoms with Gasteiger partial charge in [0.2, 0.25) is 5.90 Å². The molecule has 0 radical (unpaired) electrons. The maximum Gasteiger partial charge on any atom is 0.363 e. The fourth-order valence-corrected chi connectivity index (χ4v) is 2.84. The van der Waals surface area contributed by atoms with E-state index in [0.717, 1.165) is 10.5 Å². The number of hydrogen-bond donors (Lipinski definition) is 0. The molecule has 2 aromatic carbocycles. The zero-order chi connectivity index (χ0) is 18.0. The summed E-state index contributed by atoms with van der Waals surface area (Å²) in [4.78, 5) is 27.5. The topological polar surface area (TPSA) is 81.8 Å². The lowest BCUT2D eigenvalue weighted by molar-refractivity contribution is -0.384. The van der Waals surface area contributed by atoms with Gasteiger partial charge < -0.3 is 4.74 Å². The van der Waals surface area contributed by atoms with Crippen molar-refractivity contribution in [2.75, 3.05) is 6.26 Å². The third kappa shape index (κ3) is 3.72. The lowest BCUT2D eigenvalue weighted by Gasteiger charge is -2.02. The Labute approximate surface area is 152 Å². The highest BCUT2D eigenvalue weighted by Crippen LogP contribution is 2.27. The van der Waals surface area contributed by atoms with E-state index in [-0.39, 0.29) is 22.3 Å². The molecule has 8 heteroatoms. The lowest BCUT2D eigenvalue weighted by Crippen LogP contribution is -2.06. The highest BCUT2D eigenvalue weighted by Gasteiger charge is 2.26. The van der Waals surface area contributed by atoms with Gasteiger partial charge in [0.15, 0.2) is 5.70 Å². The van der Waals surface area contributed by atoms with Crippen LogP contribution in [0.1, 0.15) is 11.1 Å². The van der Waals surface area contributed by atoms with Crippen molar-refractivity contribution >= 4 is 47.0 Å². The van der Waals surface area contributed by atoms with Gasteiger partial charge in [0.25, 0.3) is 5.69 Å². The summed E-state index contributed by atoms with van der Waals surface area (Å²) >= 11 is 7.66. The number of ether oxygens (including phenoxy) is 1. The van der Waals surface area contributed by atoms with E-state index in [1.165, 1.54) is 18.2 Å². The molecular weight excluding hydrogens is 364 g/mol. The standard InChI is InChI=1S/C17H11ClN2O4S/c1-25-12-5-2-10(3-6-12)8-15-17(21)24-16(19-15)13-7-4-11(20(22)23)9-14(13)18/h2-9H,1H3/b15-8+. The van der Waals surface area contributed by atoms with E-state index >= 15 is 0 Å². The molecule has 0 aromatic heterocycles. The minimum Gasteiger partial charge on any atom is -0.402 e. The predicted molar refractivity (Wildman–Crippen MR) is 96.9 cm³/mol. The SMILES string of the molecule is CSc1ccc(/C=C2/N=C(c3ccc([N+](=O)[O-])cc3Cl)OC2=O)cc1. The fraction of sp³-hybridized carbons (Fsp3) is 0.0588. The number of esters is 1. The molecule has 0 bridgehead atoms. The van der Waals surface area contributed by atoms with Crippen molar-refractivity contribution in [1.82, 2.24) is 0 Å². The first-order chi connectivity index (χ1) is 12.0. The molecule has 0 saturated heterocycles. The average molecular weight is 375 g/mol. The van der Waals surface area contributed by atoms with Crippen LogP contribution < -0.4 is 0 Å². The Morgan fingerprint density at radius 3 is 2.56 bits per heavy atom. The van der Waals surface area contributed by atoms with Crippen molar-refractivity contribution in [1.29, 1.82) is 0 Å². The van der Waals surface area contributed by atoms with Crippen molar-refractivity contribution in [3.8, 4) is 0 Å². The number of rotatable bonds is 4. The number of thioether (sulfide) groups is 1. The third-order valence-electron chi connectivity index (χ3n) is 3.43. The molecule has 0 unspecified atom stereocenters. The summed E-state index contributed by atoms with van der Waals surface area (Å²) in [5.41, 5.74) is 1.12. The van der Waals surface area contributed by atoms with Gasteiger partial charge in [0.05, 0.1) is 15.5 Å². The summed E-state index contributed by atoms with van der Waals surface area (Å²) in [7, 11) is 0. The van der Waals surface area contributed by atoms with Crippen molar-refractivity contribution < 1.29 is 14.5 Å². The Balaban J connectivity index is 1.91. The van der Waals surface area contributed by atoms with Crippen LogP contribution in [0.15, 0.2) is 58.0 Å². The van der Waals surface area contributed by atoms with Crippen molar-refractivity contribution in [2.45, 2.75) is 4.90 Å². The van der Waals surface area contributed by atoms with Crippen LogP contribution in [0.4, 0.5) is 5.69 Å². The van der Waals surface area contributed by atoms with E-state index in [2.05, 4.69) is 4.99 Å². The number of carbonyl (C=O) groups excluding carboxylic acids is 1. The minimum absolute atomic E-state index is 0.0249. The molecule has 1 heterocycles. The highest BCUT2D eigenvalue weighted by atomic mass is 35.5. The van der Waals surface area contributed by atoms with Gasteiger partial charge in [-0.2, -0.15) is 0 Å². The molecule has 0 fully saturated rings. The first kappa shape index (κ1) is 17.2. The summed E-state index contributed by atoms with van der Waals surface area (Å²) in [5.74, 6) is -0.574. The fourth-order valence-electron chi connectivity index (χ4n) is 2.17. The van der Waals surface area contributed by atoms with Crippen LogP contribution in [-0.4, -0.2) is 23.0 Å². The molecule has 2 aromatic rings. The quantitative estimate of drug-likeness (QED) is 0.262. The Hall–Kier alpha value is -2.64. The van der Waals surface area contributed by atoms with Crippen LogP contribution in [0.2, 0.25) is 5.02 Å². The lowest BCUT2D eigenvalue weighted by atomic mass is 10.2. The monoisotopic (exact) mass is 374 g/mol. The molecule has 25 heavy (non-hydrogen) atoms. The number of non-ortho nitro benzene ring substituents is 1. The number of nitro groups is 1. The van der Waals surface area contributed by atoms with E-state index < -0.39 is 10.9 Å². The average Bonchev–Trinajstić information content (AvgIpc) is 2.95. The number of cyclic esters (lactones) is 1. The molecule has 1 aliphatic rings. The number of nitro benzene ring substituents is 1. The Kier molecular flexibility index (Phi) is 4.87. The van der Waals surface area contributed by atoms with Crippen LogP contribution in [0.3, 0.4) is 0 Å². The first-order valence-electron chi connectivity index (χ1n) is 7.09. The predicted octanol–water partition coefficient (Wildman–Crippen LogP) is 4.31. The summed E-state index contributed by atoms with van der Waals surface area (Å²) < 4.78 is 5.14. The van der Waals surface area contributed by atoms with Crippen LogP contribution in [0.5, 0.6) is 0 Å². The molecule has 0 N–H and O–H groups in total. The minimum atomic E-state index is -0.599. The highest BCUT2D eigenvalue weighted by molar-refractivity contribution is 7.98. The Bertz CT molecular complexity index is 923. The van der Waals surface area contributed by atoms with Crippen molar-refractivity contribution in [3.05, 3.63) is 74.4 Å². The largest absolute Gasteiger partial charge is 0.402 e. The van der Waals surface area contributed by atoms with Crippen molar-refractivity contribution in [3.63, 3.8) is 0 Å². The van der Waals surface area contributed by atoms with Gasteiger partial charge in [-0.15, -0.1) is 11.8 Å². The molecule has 0 atom stereocenters. The van der Waals surface area contributed by atoms with Gasteiger partial charge in [-0.3, -0.25) is 10.1 Å². The second-order valence-electron chi connectivity index (χ2n) is 5.03. The summed E-state index contributed by atoms with van der Waals surface area (Å²) in [5, 5.41) is 10.8. The summed E-state index contributed by atoms with van der Waals surface area (Å²) in [6, 6.07) is 11.5. The second kappa shape index (κ2) is 7.08. The molecule has 1 aliphatic heterocycles. The summed E-state index contributed by atoms with van der Waals surface area (Å²) in [6.07, 6.45) is 3.59. The van der Waals surface area contributed by atoms with Crippen LogP contribution in [-0.2, 0) is 9.53 Å². The molecule has 0 saturated carbocycles. The van der Waals surface area contributed by atoms with Gasteiger partial charge in [0.1, 0.15) is 0 Å². The van der Waals surface area contributed by atoms with Gasteiger partial charge in [-0.25, -0.2) is 9.79 Å². The van der Waals surface area contributed by atoms with E-state index in [0.29, 0.717) is 5.56 Å². The smallest absolute Gasteiger partial charge is 0.363 e. The number of nitrogens with zero attached hydrogens (tertiary/aromatic N) is 2. The zero-order valence-electron chi connectivity index (χ0n) is 12.9. The van der Waals surface area contributed by atoms with Gasteiger partial charge in [-0.05, 0) is 36.1 Å². The first-order valence-corrected chi connectivity index (χ1v) is 8.69. The van der Waals surface area contributed by atoms with E-state index in [4.69, 9.17) is 16.3 Å². The molecule has 3 rings (SSSR count). The molecule has 6 nitrogen and oxygen atoms in total. The number of hydrogen-bond acceptors (Lipinski definition) is 6. The van der Waals surface area contributed by atoms with Crippen LogP contribution in [0.25, 0.3) is 6.08 Å². The second-order valence-corrected chi connectivity index (χ2v) is 6.32. The van der Waals surface area contributed by atoms with Gasteiger partial charge >= 0.3 is 5.97 Å². The Morgan fingerprint density at radius 1 is 1.24 bits per heavy atom. The number of carbonyl (C=O) groups is 1. The Morgan fingerprint density at radius 2 is 1.96 bits per heavy atom. The summed E-state index contributed by atoms with van der Waals surface area (Å²) in [6.45, 7) is 0. The van der Waals surface area contributed by atoms with Gasteiger partial charge in [-0.1, -0.05) is 23.7 Å². The van der Waals surface area contributed by atoms with Crippen molar-refractivity contribution in [2.24, 2.45) is 4.99 Å². The normalized spacial score (nSPS) is 15.2. The van der Waals surface area contributed by atoms with E-state index in [1.54, 1.807) is 17.8 Å². The molecular formula is C17H11ClN2O4S. The van der Waals surface area contributed by atoms with E-state index in [1.807, 2.05) is 30.5 Å². The van der Waals surface area contributed by atoms with Crippen LogP contribution >= 0.6 is 23.4 Å². The van der Waals surface area contributed by atoms with E-state index in [9.17, 15) is 14.9 Å². The maximum atomic E-state index is 12.0. The number of aliphatic imine (C=N–C) groups is 1. The molecule has 0 spiro atoms. The number of benzene rings is 2. The third-order valence-corrected chi connectivity index (χ3v) is 4.49. The zero-order valence-corrected chi connectivity index (χ0v) is 14.5. The van der Waals surface area contributed by atoms with Crippen LogP contribution in [0, 0.1) is 10.1 Å². The number of halogens is 1. The molecule has 0 aliphatic carbocycles. The molecule has 126 valence electrons.